The molecule has 0 saturated carbocycles. The number of hydrogen-bond acceptors (Lipinski definition) is 4. The second-order valence-corrected chi connectivity index (χ2v) is 4.56. The Bertz CT molecular complexity index is 355. The van der Waals surface area contributed by atoms with Crippen LogP contribution in [-0.4, -0.2) is 28.5 Å². The van der Waals surface area contributed by atoms with Crippen molar-refractivity contribution in [1.82, 2.24) is 5.32 Å². The topological polar surface area (TPSA) is 72.7 Å². The van der Waals surface area contributed by atoms with E-state index < -0.39 is 0 Å². The Labute approximate surface area is 108 Å². The summed E-state index contributed by atoms with van der Waals surface area (Å²) in [7, 11) is 0. The van der Waals surface area contributed by atoms with Gasteiger partial charge in [-0.05, 0) is 44.5 Å². The number of aromatic hydroxyl groups is 2. The molecule has 0 amide bonds. The van der Waals surface area contributed by atoms with Gasteiger partial charge in [-0.15, -0.1) is 0 Å². The highest BCUT2D eigenvalue weighted by Crippen LogP contribution is 2.27. The molecule has 0 aromatic heterocycles. The lowest BCUT2D eigenvalue weighted by Gasteiger charge is -2.15. The third-order valence-corrected chi connectivity index (χ3v) is 3.01. The molecule has 0 radical (unpaired) electrons. The van der Waals surface area contributed by atoms with E-state index in [4.69, 9.17) is 5.11 Å². The monoisotopic (exact) mass is 253 g/mol. The van der Waals surface area contributed by atoms with E-state index in [0.29, 0.717) is 5.56 Å². The predicted octanol–water partition coefficient (Wildman–Crippen LogP) is 2.30. The first-order chi connectivity index (χ1) is 8.65. The van der Waals surface area contributed by atoms with E-state index >= 15 is 0 Å². The summed E-state index contributed by atoms with van der Waals surface area (Å²) in [6.45, 7) is 3.09. The van der Waals surface area contributed by atoms with Gasteiger partial charge in [0.25, 0.3) is 0 Å². The molecule has 0 bridgehead atoms. The van der Waals surface area contributed by atoms with Gasteiger partial charge in [0.1, 0.15) is 11.5 Å². The van der Waals surface area contributed by atoms with Crippen molar-refractivity contribution < 1.29 is 15.3 Å². The largest absolute Gasteiger partial charge is 0.508 e. The second-order valence-electron chi connectivity index (χ2n) is 4.56. The lowest BCUT2D eigenvalue weighted by molar-refractivity contribution is 0.282. The standard InChI is InChI=1S/C14H23NO3/c1-11(15-8-4-2-3-5-9-16)13-10-12(17)6-7-14(13)18/h6-7,10-11,15-18H,2-5,8-9H2,1H3. The van der Waals surface area contributed by atoms with Crippen molar-refractivity contribution in [3.8, 4) is 11.5 Å². The summed E-state index contributed by atoms with van der Waals surface area (Å²) >= 11 is 0. The number of phenolic OH excluding ortho intramolecular Hbond substituents is 2. The Morgan fingerprint density at radius 1 is 1.11 bits per heavy atom. The van der Waals surface area contributed by atoms with Crippen LogP contribution in [0.4, 0.5) is 0 Å². The molecule has 0 aliphatic carbocycles. The molecule has 1 atom stereocenters. The van der Waals surface area contributed by atoms with Crippen LogP contribution in [0.3, 0.4) is 0 Å². The molecular weight excluding hydrogens is 230 g/mol. The molecule has 18 heavy (non-hydrogen) atoms. The zero-order chi connectivity index (χ0) is 13.4. The fourth-order valence-corrected chi connectivity index (χ4v) is 1.91. The molecule has 0 aliphatic heterocycles. The highest BCUT2D eigenvalue weighted by Gasteiger charge is 2.10. The van der Waals surface area contributed by atoms with Crippen molar-refractivity contribution in [2.75, 3.05) is 13.2 Å². The van der Waals surface area contributed by atoms with Crippen LogP contribution < -0.4 is 5.32 Å². The molecule has 1 rings (SSSR count). The molecule has 4 N–H and O–H groups in total. The maximum absolute atomic E-state index is 9.70. The predicted molar refractivity (Wildman–Crippen MR) is 71.7 cm³/mol. The lowest BCUT2D eigenvalue weighted by Crippen LogP contribution is -2.19. The third-order valence-electron chi connectivity index (χ3n) is 3.01. The molecule has 0 saturated heterocycles. The maximum Gasteiger partial charge on any atom is 0.120 e. The quantitative estimate of drug-likeness (QED) is 0.424. The number of phenols is 2. The van der Waals surface area contributed by atoms with E-state index in [0.717, 1.165) is 32.2 Å². The minimum absolute atomic E-state index is 0.00921. The van der Waals surface area contributed by atoms with Gasteiger partial charge in [-0.2, -0.15) is 0 Å². The van der Waals surface area contributed by atoms with E-state index in [1.165, 1.54) is 12.1 Å². The van der Waals surface area contributed by atoms with Crippen molar-refractivity contribution in [2.45, 2.75) is 38.6 Å². The molecule has 0 fully saturated rings. The first-order valence-electron chi connectivity index (χ1n) is 6.51. The fourth-order valence-electron chi connectivity index (χ4n) is 1.91. The van der Waals surface area contributed by atoms with Crippen molar-refractivity contribution in [3.63, 3.8) is 0 Å². The summed E-state index contributed by atoms with van der Waals surface area (Å²) < 4.78 is 0. The number of unbranched alkanes of at least 4 members (excludes halogenated alkanes) is 3. The second kappa shape index (κ2) is 7.95. The van der Waals surface area contributed by atoms with Crippen molar-refractivity contribution in [3.05, 3.63) is 23.8 Å². The Balaban J connectivity index is 2.31. The maximum atomic E-state index is 9.70. The molecule has 4 heteroatoms. The van der Waals surface area contributed by atoms with Crippen LogP contribution in [-0.2, 0) is 0 Å². The van der Waals surface area contributed by atoms with Crippen LogP contribution in [0.15, 0.2) is 18.2 Å². The fraction of sp³-hybridized carbons (Fsp3) is 0.571. The van der Waals surface area contributed by atoms with Crippen LogP contribution >= 0.6 is 0 Å². The SMILES string of the molecule is CC(NCCCCCCO)c1cc(O)ccc1O. The van der Waals surface area contributed by atoms with Gasteiger partial charge in [0.15, 0.2) is 0 Å². The Hall–Kier alpha value is -1.26. The average molecular weight is 253 g/mol. The van der Waals surface area contributed by atoms with Gasteiger partial charge in [0.05, 0.1) is 0 Å². The van der Waals surface area contributed by atoms with Gasteiger partial charge in [0.2, 0.25) is 0 Å². The molecule has 1 unspecified atom stereocenters. The van der Waals surface area contributed by atoms with E-state index in [9.17, 15) is 10.2 Å². The summed E-state index contributed by atoms with van der Waals surface area (Å²) in [5.74, 6) is 0.368. The molecule has 0 heterocycles. The number of aliphatic hydroxyl groups excluding tert-OH is 1. The zero-order valence-electron chi connectivity index (χ0n) is 10.9. The Morgan fingerprint density at radius 3 is 2.56 bits per heavy atom. The van der Waals surface area contributed by atoms with E-state index in [2.05, 4.69) is 5.32 Å². The minimum Gasteiger partial charge on any atom is -0.508 e. The third kappa shape index (κ3) is 4.94. The molecular formula is C14H23NO3. The van der Waals surface area contributed by atoms with Crippen LogP contribution in [0, 0.1) is 0 Å². The molecule has 4 nitrogen and oxygen atoms in total. The van der Waals surface area contributed by atoms with E-state index in [1.54, 1.807) is 6.07 Å². The smallest absolute Gasteiger partial charge is 0.120 e. The normalized spacial score (nSPS) is 12.6. The average Bonchev–Trinajstić information content (AvgIpc) is 2.36. The van der Waals surface area contributed by atoms with Gasteiger partial charge in [-0.1, -0.05) is 12.8 Å². The van der Waals surface area contributed by atoms with E-state index in [1.807, 2.05) is 6.92 Å². The highest BCUT2D eigenvalue weighted by atomic mass is 16.3. The molecule has 1 aromatic rings. The first-order valence-corrected chi connectivity index (χ1v) is 6.51. The van der Waals surface area contributed by atoms with Crippen LogP contribution in [0.5, 0.6) is 11.5 Å². The van der Waals surface area contributed by atoms with Crippen molar-refractivity contribution in [2.24, 2.45) is 0 Å². The van der Waals surface area contributed by atoms with Gasteiger partial charge in [0, 0.05) is 18.2 Å². The number of nitrogens with one attached hydrogen (secondary N) is 1. The van der Waals surface area contributed by atoms with Gasteiger partial charge in [-0.25, -0.2) is 0 Å². The summed E-state index contributed by atoms with van der Waals surface area (Å²) in [5.41, 5.74) is 0.713. The minimum atomic E-state index is 0.00921. The van der Waals surface area contributed by atoms with Gasteiger partial charge >= 0.3 is 0 Å². The Morgan fingerprint density at radius 2 is 1.83 bits per heavy atom. The molecule has 0 aliphatic rings. The molecule has 1 aromatic carbocycles. The van der Waals surface area contributed by atoms with Crippen molar-refractivity contribution in [1.29, 1.82) is 0 Å². The van der Waals surface area contributed by atoms with Gasteiger partial charge < -0.3 is 20.6 Å². The summed E-state index contributed by atoms with van der Waals surface area (Å²) in [6, 6.07) is 4.57. The summed E-state index contributed by atoms with van der Waals surface area (Å²) in [6.07, 6.45) is 4.04. The molecule has 0 spiro atoms. The van der Waals surface area contributed by atoms with Gasteiger partial charge in [-0.3, -0.25) is 0 Å². The number of hydrogen-bond donors (Lipinski definition) is 4. The van der Waals surface area contributed by atoms with E-state index in [-0.39, 0.29) is 24.1 Å². The summed E-state index contributed by atoms with van der Waals surface area (Å²) in [4.78, 5) is 0. The summed E-state index contributed by atoms with van der Waals surface area (Å²) in [5, 5.41) is 31.1. The molecule has 102 valence electrons. The highest BCUT2D eigenvalue weighted by molar-refractivity contribution is 5.40. The number of benzene rings is 1. The zero-order valence-corrected chi connectivity index (χ0v) is 10.9. The van der Waals surface area contributed by atoms with Crippen molar-refractivity contribution >= 4 is 0 Å². The first kappa shape index (κ1) is 14.8. The lowest BCUT2D eigenvalue weighted by atomic mass is 10.1. The van der Waals surface area contributed by atoms with Crippen LogP contribution in [0.25, 0.3) is 0 Å². The number of aliphatic hydroxyl groups is 1. The Kier molecular flexibility index (Phi) is 6.54. The number of rotatable bonds is 8. The van der Waals surface area contributed by atoms with Crippen LogP contribution in [0.1, 0.15) is 44.2 Å². The van der Waals surface area contributed by atoms with Crippen LogP contribution in [0.2, 0.25) is 0 Å².